The summed E-state index contributed by atoms with van der Waals surface area (Å²) >= 11 is 7.07. The number of benzene rings is 1. The van der Waals surface area contributed by atoms with Gasteiger partial charge in [0, 0.05) is 36.6 Å². The fraction of sp³-hybridized carbons (Fsp3) is 0.421. The van der Waals surface area contributed by atoms with Crippen LogP contribution in [-0.4, -0.2) is 52.5 Å². The van der Waals surface area contributed by atoms with Crippen LogP contribution in [0.4, 0.5) is 5.13 Å². The minimum Gasteiger partial charge on any atom is -0.352 e. The summed E-state index contributed by atoms with van der Waals surface area (Å²) in [5.74, 6) is -0.574. The smallest absolute Gasteiger partial charge is 0.251 e. The Morgan fingerprint density at radius 3 is 2.76 bits per heavy atom. The van der Waals surface area contributed by atoms with Gasteiger partial charge in [0.15, 0.2) is 0 Å². The standard InChI is InChI=1S/C19H22ClN5O3S/c20-15-7-5-13(6-8-15)17(27)21-9-1-4-16(26)25-10-2-3-14(11-25)18(28)23-19-24-22-12-29-19/h5-8,12,14H,1-4,9-11H2,(H,21,27)(H,23,24,28)/t14-/m0/s1. The molecule has 1 aliphatic rings. The van der Waals surface area contributed by atoms with Crippen LogP contribution in [0.2, 0.25) is 5.02 Å². The molecule has 1 fully saturated rings. The van der Waals surface area contributed by atoms with Crippen molar-refractivity contribution < 1.29 is 14.4 Å². The number of nitrogens with one attached hydrogen (secondary N) is 2. The van der Waals surface area contributed by atoms with Crippen LogP contribution in [0.3, 0.4) is 0 Å². The molecule has 29 heavy (non-hydrogen) atoms. The van der Waals surface area contributed by atoms with E-state index in [9.17, 15) is 14.4 Å². The van der Waals surface area contributed by atoms with Gasteiger partial charge < -0.3 is 15.5 Å². The van der Waals surface area contributed by atoms with Crippen molar-refractivity contribution in [2.24, 2.45) is 5.92 Å². The summed E-state index contributed by atoms with van der Waals surface area (Å²) < 4.78 is 0. The topological polar surface area (TPSA) is 104 Å². The summed E-state index contributed by atoms with van der Waals surface area (Å²) in [6, 6.07) is 6.63. The van der Waals surface area contributed by atoms with E-state index < -0.39 is 0 Å². The molecule has 3 rings (SSSR count). The molecule has 154 valence electrons. The average Bonchev–Trinajstić information content (AvgIpc) is 3.24. The first-order valence-corrected chi connectivity index (χ1v) is 10.7. The zero-order chi connectivity index (χ0) is 20.6. The van der Waals surface area contributed by atoms with Crippen molar-refractivity contribution in [3.8, 4) is 0 Å². The summed E-state index contributed by atoms with van der Waals surface area (Å²) in [5.41, 5.74) is 2.08. The van der Waals surface area contributed by atoms with Gasteiger partial charge >= 0.3 is 0 Å². The minimum absolute atomic E-state index is 0.000780. The molecule has 3 amide bonds. The van der Waals surface area contributed by atoms with Gasteiger partial charge in [-0.1, -0.05) is 22.9 Å². The Bertz CT molecular complexity index is 844. The fourth-order valence-corrected chi connectivity index (χ4v) is 3.73. The van der Waals surface area contributed by atoms with E-state index in [4.69, 9.17) is 11.6 Å². The molecule has 0 aliphatic carbocycles. The van der Waals surface area contributed by atoms with Crippen LogP contribution in [0.1, 0.15) is 36.0 Å². The number of likely N-dealkylation sites (tertiary alicyclic amines) is 1. The van der Waals surface area contributed by atoms with Gasteiger partial charge in [-0.05, 0) is 43.5 Å². The highest BCUT2D eigenvalue weighted by Crippen LogP contribution is 2.20. The quantitative estimate of drug-likeness (QED) is 0.650. The van der Waals surface area contributed by atoms with E-state index in [2.05, 4.69) is 20.8 Å². The fourth-order valence-electron chi connectivity index (χ4n) is 3.16. The molecule has 1 saturated heterocycles. The van der Waals surface area contributed by atoms with Crippen molar-refractivity contribution >= 4 is 45.8 Å². The zero-order valence-corrected chi connectivity index (χ0v) is 17.3. The van der Waals surface area contributed by atoms with E-state index in [0.29, 0.717) is 48.2 Å². The summed E-state index contributed by atoms with van der Waals surface area (Å²) in [6.45, 7) is 1.46. The van der Waals surface area contributed by atoms with Crippen LogP contribution in [0.15, 0.2) is 29.8 Å². The predicted octanol–water partition coefficient (Wildman–Crippen LogP) is 2.58. The van der Waals surface area contributed by atoms with Crippen LogP contribution >= 0.6 is 22.9 Å². The number of nitrogens with zero attached hydrogens (tertiary/aromatic N) is 3. The number of amides is 3. The van der Waals surface area contributed by atoms with Crippen molar-refractivity contribution in [2.45, 2.75) is 25.7 Å². The van der Waals surface area contributed by atoms with Crippen molar-refractivity contribution in [1.82, 2.24) is 20.4 Å². The SMILES string of the molecule is O=C(NCCCC(=O)N1CCC[C@H](C(=O)Nc2nncs2)C1)c1ccc(Cl)cc1. The molecule has 2 N–H and O–H groups in total. The first-order chi connectivity index (χ1) is 14.0. The Balaban J connectivity index is 1.39. The first kappa shape index (κ1) is 21.2. The molecule has 2 heterocycles. The Morgan fingerprint density at radius 2 is 2.03 bits per heavy atom. The summed E-state index contributed by atoms with van der Waals surface area (Å²) in [6.07, 6.45) is 2.39. The van der Waals surface area contributed by atoms with Gasteiger partial charge in [-0.2, -0.15) is 0 Å². The molecule has 2 aromatic rings. The van der Waals surface area contributed by atoms with Gasteiger partial charge in [0.05, 0.1) is 5.92 Å². The minimum atomic E-state index is -0.249. The number of piperidine rings is 1. The molecule has 0 bridgehead atoms. The summed E-state index contributed by atoms with van der Waals surface area (Å²) in [7, 11) is 0. The number of halogens is 1. The van der Waals surface area contributed by atoms with Gasteiger partial charge in [0.2, 0.25) is 16.9 Å². The maximum Gasteiger partial charge on any atom is 0.251 e. The highest BCUT2D eigenvalue weighted by atomic mass is 35.5. The lowest BCUT2D eigenvalue weighted by Crippen LogP contribution is -2.43. The highest BCUT2D eigenvalue weighted by Gasteiger charge is 2.28. The number of hydrogen-bond acceptors (Lipinski definition) is 6. The second-order valence-electron chi connectivity index (χ2n) is 6.78. The van der Waals surface area contributed by atoms with Crippen LogP contribution in [0.5, 0.6) is 0 Å². The van der Waals surface area contributed by atoms with Gasteiger partial charge in [-0.3, -0.25) is 14.4 Å². The van der Waals surface area contributed by atoms with Gasteiger partial charge in [0.25, 0.3) is 5.91 Å². The number of rotatable bonds is 7. The summed E-state index contributed by atoms with van der Waals surface area (Å²) in [4.78, 5) is 38.6. The molecule has 0 radical (unpaired) electrons. The van der Waals surface area contributed by atoms with E-state index in [1.54, 1.807) is 34.7 Å². The zero-order valence-electron chi connectivity index (χ0n) is 15.8. The molecule has 1 aromatic heterocycles. The maximum atomic E-state index is 12.5. The average molecular weight is 436 g/mol. The van der Waals surface area contributed by atoms with Crippen LogP contribution < -0.4 is 10.6 Å². The normalized spacial score (nSPS) is 16.3. The molecule has 1 aromatic carbocycles. The van der Waals surface area contributed by atoms with Crippen LogP contribution in [0.25, 0.3) is 0 Å². The molecule has 0 unspecified atom stereocenters. The molecule has 0 saturated carbocycles. The lowest BCUT2D eigenvalue weighted by atomic mass is 9.97. The molecular weight excluding hydrogens is 414 g/mol. The monoisotopic (exact) mass is 435 g/mol. The molecule has 1 atom stereocenters. The number of carbonyl (C=O) groups is 3. The Labute approximate surface area is 177 Å². The number of hydrogen-bond donors (Lipinski definition) is 2. The maximum absolute atomic E-state index is 12.5. The number of aromatic nitrogens is 2. The molecule has 10 heteroatoms. The third-order valence-corrected chi connectivity index (χ3v) is 5.55. The van der Waals surface area contributed by atoms with Crippen molar-refractivity contribution in [1.29, 1.82) is 0 Å². The van der Waals surface area contributed by atoms with Gasteiger partial charge in [0.1, 0.15) is 5.51 Å². The third-order valence-electron chi connectivity index (χ3n) is 4.69. The van der Waals surface area contributed by atoms with E-state index >= 15 is 0 Å². The van der Waals surface area contributed by atoms with Gasteiger partial charge in [-0.15, -0.1) is 10.2 Å². The van der Waals surface area contributed by atoms with Crippen LogP contribution in [0, 0.1) is 5.92 Å². The largest absolute Gasteiger partial charge is 0.352 e. The van der Waals surface area contributed by atoms with E-state index in [1.807, 2.05) is 0 Å². The van der Waals surface area contributed by atoms with Gasteiger partial charge in [-0.25, -0.2) is 0 Å². The second kappa shape index (κ2) is 10.3. The molecular formula is C19H22ClN5O3S. The van der Waals surface area contributed by atoms with E-state index in [-0.39, 0.29) is 23.6 Å². The van der Waals surface area contributed by atoms with Crippen molar-refractivity contribution in [2.75, 3.05) is 25.0 Å². The van der Waals surface area contributed by atoms with Crippen LogP contribution in [-0.2, 0) is 9.59 Å². The molecule has 0 spiro atoms. The number of carbonyl (C=O) groups excluding carboxylic acids is 3. The molecule has 1 aliphatic heterocycles. The Hall–Kier alpha value is -2.52. The van der Waals surface area contributed by atoms with E-state index in [0.717, 1.165) is 12.8 Å². The highest BCUT2D eigenvalue weighted by molar-refractivity contribution is 7.13. The Kier molecular flexibility index (Phi) is 7.54. The predicted molar refractivity (Wildman–Crippen MR) is 111 cm³/mol. The number of anilines is 1. The van der Waals surface area contributed by atoms with Crippen molar-refractivity contribution in [3.05, 3.63) is 40.4 Å². The Morgan fingerprint density at radius 1 is 1.24 bits per heavy atom. The lowest BCUT2D eigenvalue weighted by molar-refractivity contribution is -0.134. The lowest BCUT2D eigenvalue weighted by Gasteiger charge is -2.32. The molecule has 8 nitrogen and oxygen atoms in total. The summed E-state index contributed by atoms with van der Waals surface area (Å²) in [5, 5.41) is 14.1. The second-order valence-corrected chi connectivity index (χ2v) is 8.05. The first-order valence-electron chi connectivity index (χ1n) is 9.41. The van der Waals surface area contributed by atoms with Crippen molar-refractivity contribution in [3.63, 3.8) is 0 Å². The van der Waals surface area contributed by atoms with E-state index in [1.165, 1.54) is 11.3 Å². The third kappa shape index (κ3) is 6.23.